The van der Waals surface area contributed by atoms with Gasteiger partial charge in [-0.25, -0.2) is 0 Å². The number of pyridine rings is 2. The molecule has 2 atom stereocenters. The topological polar surface area (TPSA) is 113 Å². The van der Waals surface area contributed by atoms with Crippen LogP contribution in [0.25, 0.3) is 5.57 Å². The highest BCUT2D eigenvalue weighted by Crippen LogP contribution is 2.39. The van der Waals surface area contributed by atoms with Crippen molar-refractivity contribution in [3.63, 3.8) is 0 Å². The smallest absolute Gasteiger partial charge is 0.349 e. The van der Waals surface area contributed by atoms with Gasteiger partial charge >= 0.3 is 18.5 Å². The number of halogens is 10. The first-order valence-electron chi connectivity index (χ1n) is 19.7. The van der Waals surface area contributed by atoms with E-state index in [0.29, 0.717) is 18.5 Å². The van der Waals surface area contributed by atoms with Crippen molar-refractivity contribution in [3.05, 3.63) is 181 Å². The van der Waals surface area contributed by atoms with Crippen LogP contribution in [-0.2, 0) is 18.5 Å². The first-order valence-corrected chi connectivity index (χ1v) is 20.7. The summed E-state index contributed by atoms with van der Waals surface area (Å²) in [6.07, 6.45) is -5.78. The van der Waals surface area contributed by atoms with Gasteiger partial charge in [0.1, 0.15) is 0 Å². The minimum Gasteiger partial charge on any atom is -0.349 e. The van der Waals surface area contributed by atoms with Crippen molar-refractivity contribution in [3.8, 4) is 0 Å². The Bertz CT molecular complexity index is 2540. The maximum atomic E-state index is 13.0. The van der Waals surface area contributed by atoms with E-state index in [1.165, 1.54) is 54.6 Å². The number of carbonyl (C=O) groups is 3. The fraction of sp³-hybridized carbons (Fsp3) is 0.239. The molecule has 1 fully saturated rings. The monoisotopic (exact) mass is 1010 g/mol. The van der Waals surface area contributed by atoms with Gasteiger partial charge < -0.3 is 16.0 Å². The lowest BCUT2D eigenvalue weighted by atomic mass is 9.77. The summed E-state index contributed by atoms with van der Waals surface area (Å²) in [6, 6.07) is 25.1. The van der Waals surface area contributed by atoms with E-state index in [9.17, 15) is 53.9 Å². The summed E-state index contributed by atoms with van der Waals surface area (Å²) in [5, 5.41) is 7.84. The molecule has 1 unspecified atom stereocenters. The Kier molecular flexibility index (Phi) is 15.0. The van der Waals surface area contributed by atoms with E-state index in [-0.39, 0.29) is 28.7 Å². The molecule has 1 saturated carbocycles. The Balaban J connectivity index is 0.000000161. The van der Waals surface area contributed by atoms with Crippen LogP contribution in [0, 0.1) is 0 Å². The molecule has 64 heavy (non-hydrogen) atoms. The minimum absolute atomic E-state index is 0.0539. The van der Waals surface area contributed by atoms with Gasteiger partial charge in [0, 0.05) is 45.0 Å². The van der Waals surface area contributed by atoms with E-state index in [2.05, 4.69) is 48.5 Å². The van der Waals surface area contributed by atoms with Gasteiger partial charge in [-0.1, -0.05) is 48.5 Å². The molecule has 18 heteroatoms. The zero-order valence-electron chi connectivity index (χ0n) is 33.3. The molecule has 0 bridgehead atoms. The zero-order chi connectivity index (χ0) is 46.2. The summed E-state index contributed by atoms with van der Waals surface area (Å²) in [6.45, 7) is 0. The lowest BCUT2D eigenvalue weighted by molar-refractivity contribution is -0.138. The Labute approximate surface area is 374 Å². The predicted octanol–water partition coefficient (Wildman–Crippen LogP) is 11.7. The maximum absolute atomic E-state index is 13.0. The molecule has 0 aliphatic heterocycles. The average Bonchev–Trinajstić information content (AvgIpc) is 3.25. The molecule has 0 radical (unpaired) electrons. The molecule has 3 amide bonds. The van der Waals surface area contributed by atoms with Crippen LogP contribution in [0.4, 0.5) is 39.5 Å². The van der Waals surface area contributed by atoms with Crippen LogP contribution in [0.1, 0.15) is 104 Å². The van der Waals surface area contributed by atoms with Crippen LogP contribution >= 0.6 is 22.6 Å². The predicted molar refractivity (Wildman–Crippen MR) is 227 cm³/mol. The maximum Gasteiger partial charge on any atom is 0.417 e. The van der Waals surface area contributed by atoms with Gasteiger partial charge in [0.15, 0.2) is 0 Å². The first kappa shape index (κ1) is 47.4. The van der Waals surface area contributed by atoms with Crippen molar-refractivity contribution < 1.29 is 53.9 Å². The van der Waals surface area contributed by atoms with E-state index in [4.69, 9.17) is 0 Å². The summed E-state index contributed by atoms with van der Waals surface area (Å²) in [5.74, 6) is -2.09. The van der Waals surface area contributed by atoms with E-state index in [1.807, 2.05) is 24.3 Å². The van der Waals surface area contributed by atoms with E-state index in [0.717, 1.165) is 70.1 Å². The van der Waals surface area contributed by atoms with Crippen LogP contribution < -0.4 is 16.0 Å². The number of allylic oxidation sites excluding steroid dienone is 4. The second-order valence-electron chi connectivity index (χ2n) is 14.6. The average molecular weight is 1010 g/mol. The van der Waals surface area contributed by atoms with Crippen molar-refractivity contribution in [2.24, 2.45) is 0 Å². The SMILES string of the molecule is O=C(NC1=C(I)CC1)c1ccccc1C(F)(F)F.O=C(NC1=C(c2ccccn2)CC1)c1ccccc1C(F)(F)F.O=C(NC1CC[C@@H]1c1ccccn1)c1ccccc1C(F)(F)F. The third-order valence-electron chi connectivity index (χ3n) is 10.5. The molecule has 0 saturated heterocycles. The fourth-order valence-corrected chi connectivity index (χ4v) is 7.55. The van der Waals surface area contributed by atoms with Crippen molar-refractivity contribution in [2.45, 2.75) is 69.0 Å². The minimum atomic E-state index is -4.56. The van der Waals surface area contributed by atoms with Crippen LogP contribution in [0.15, 0.2) is 137 Å². The molecule has 2 heterocycles. The van der Waals surface area contributed by atoms with Gasteiger partial charge in [-0.15, -0.1) is 0 Å². The number of hydrogen-bond donors (Lipinski definition) is 3. The van der Waals surface area contributed by atoms with Crippen molar-refractivity contribution in [1.82, 2.24) is 25.9 Å². The quantitative estimate of drug-likeness (QED) is 0.106. The Morgan fingerprint density at radius 3 is 1.34 bits per heavy atom. The molecular formula is C46H37F9IN5O3. The highest BCUT2D eigenvalue weighted by Gasteiger charge is 2.39. The van der Waals surface area contributed by atoms with Gasteiger partial charge in [0.25, 0.3) is 17.7 Å². The number of benzene rings is 3. The summed E-state index contributed by atoms with van der Waals surface area (Å²) < 4.78 is 117. The van der Waals surface area contributed by atoms with E-state index < -0.39 is 52.9 Å². The lowest BCUT2D eigenvalue weighted by Gasteiger charge is -2.36. The van der Waals surface area contributed by atoms with Gasteiger partial charge in [-0.2, -0.15) is 39.5 Å². The molecule has 2 aromatic heterocycles. The third-order valence-corrected chi connectivity index (χ3v) is 11.7. The standard InChI is InChI=1S/C17H15F3N2O.C17H13F3N2O.C12H9F3INO/c2*18-17(19,20)13-6-2-1-5-11(13)16(23)22-15-9-8-12(15)14-7-3-4-10-21-14;13-12(14,15)8-4-2-1-3-7(8)11(18)17-10-6-5-9(10)16/h1-7,10,12,15H,8-9H2,(H,22,23);1-7,10H,8-9H2,(H,22,23);1-4H,5-6H2,(H,17,18)/t12-,15?;;/m1../s1. The number of carbonyl (C=O) groups excluding carboxylic acids is 3. The molecule has 0 spiro atoms. The molecule has 5 aromatic rings. The second kappa shape index (κ2) is 20.2. The Hall–Kier alpha value is -6.05. The number of aromatic nitrogens is 2. The summed E-state index contributed by atoms with van der Waals surface area (Å²) >= 11 is 2.08. The van der Waals surface area contributed by atoms with Crippen LogP contribution in [-0.4, -0.2) is 33.7 Å². The summed E-state index contributed by atoms with van der Waals surface area (Å²) in [4.78, 5) is 44.8. The highest BCUT2D eigenvalue weighted by atomic mass is 127. The second-order valence-corrected chi connectivity index (χ2v) is 15.9. The van der Waals surface area contributed by atoms with Crippen molar-refractivity contribution in [1.29, 1.82) is 0 Å². The van der Waals surface area contributed by atoms with E-state index in [1.54, 1.807) is 24.5 Å². The van der Waals surface area contributed by atoms with Crippen LogP contribution in [0.2, 0.25) is 0 Å². The molecule has 334 valence electrons. The van der Waals surface area contributed by atoms with Gasteiger partial charge in [0.2, 0.25) is 0 Å². The third kappa shape index (κ3) is 11.7. The van der Waals surface area contributed by atoms with E-state index >= 15 is 0 Å². The highest BCUT2D eigenvalue weighted by molar-refractivity contribution is 14.1. The first-order chi connectivity index (χ1) is 30.3. The number of nitrogens with zero attached hydrogens (tertiary/aromatic N) is 2. The molecule has 8 nitrogen and oxygen atoms in total. The van der Waals surface area contributed by atoms with Crippen LogP contribution in [0.5, 0.6) is 0 Å². The van der Waals surface area contributed by atoms with Crippen molar-refractivity contribution >= 4 is 45.9 Å². The molecular weight excluding hydrogens is 968 g/mol. The molecule has 3 N–H and O–H groups in total. The summed E-state index contributed by atoms with van der Waals surface area (Å²) in [5.41, 5.74) is -0.00139. The largest absolute Gasteiger partial charge is 0.417 e. The van der Waals surface area contributed by atoms with Gasteiger partial charge in [-0.05, 0) is 127 Å². The molecule has 3 aliphatic rings. The molecule has 3 aromatic carbocycles. The van der Waals surface area contributed by atoms with Crippen molar-refractivity contribution in [2.75, 3.05) is 0 Å². The number of alkyl halides is 9. The number of hydrogen-bond acceptors (Lipinski definition) is 5. The lowest BCUT2D eigenvalue weighted by Crippen LogP contribution is -2.46. The number of amides is 3. The molecule has 3 aliphatic carbocycles. The normalized spacial score (nSPS) is 16.9. The number of nitrogens with one attached hydrogen (secondary N) is 3. The van der Waals surface area contributed by atoms with Crippen LogP contribution in [0.3, 0.4) is 0 Å². The zero-order valence-corrected chi connectivity index (χ0v) is 35.5. The summed E-state index contributed by atoms with van der Waals surface area (Å²) in [7, 11) is 0. The Morgan fingerprint density at radius 1 is 0.516 bits per heavy atom. The molecule has 8 rings (SSSR count). The fourth-order valence-electron chi connectivity index (χ4n) is 6.87. The van der Waals surface area contributed by atoms with Gasteiger partial charge in [0.05, 0.1) is 39.1 Å². The van der Waals surface area contributed by atoms with Gasteiger partial charge in [-0.3, -0.25) is 24.4 Å². The number of rotatable bonds is 8. The Morgan fingerprint density at radius 2 is 0.969 bits per heavy atom.